The molecule has 0 unspecified atom stereocenters. The summed E-state index contributed by atoms with van der Waals surface area (Å²) in [7, 11) is 0. The number of amides is 3. The maximum atomic E-state index is 12.2. The molecule has 0 aliphatic rings. The number of primary amides is 1. The lowest BCUT2D eigenvalue weighted by Gasteiger charge is -2.18. The summed E-state index contributed by atoms with van der Waals surface area (Å²) in [5.74, 6) is -0.503. The largest absolute Gasteiger partial charge is 0.351 e. The molecular formula is C15H20N6O2S. The number of nitrogens with one attached hydrogen (secondary N) is 1. The molecule has 128 valence electrons. The van der Waals surface area contributed by atoms with Gasteiger partial charge in [-0.1, -0.05) is 43.3 Å². The first-order valence-electron chi connectivity index (χ1n) is 7.42. The Bertz CT molecular complexity index is 758. The Morgan fingerprint density at radius 1 is 1.29 bits per heavy atom. The zero-order valence-electron chi connectivity index (χ0n) is 14.0. The van der Waals surface area contributed by atoms with Crippen molar-refractivity contribution in [1.82, 2.24) is 25.5 Å². The number of nitrogens with two attached hydrogens (primary N) is 1. The molecule has 0 aliphatic carbocycles. The highest BCUT2D eigenvalue weighted by atomic mass is 32.2. The first-order valence-corrected chi connectivity index (χ1v) is 8.30. The van der Waals surface area contributed by atoms with Crippen molar-refractivity contribution in [2.75, 3.05) is 0 Å². The van der Waals surface area contributed by atoms with E-state index in [9.17, 15) is 9.59 Å². The summed E-state index contributed by atoms with van der Waals surface area (Å²) in [6.07, 6.45) is 0. The van der Waals surface area contributed by atoms with Gasteiger partial charge in [-0.05, 0) is 41.8 Å². The molecule has 1 aromatic carbocycles. The van der Waals surface area contributed by atoms with Crippen molar-refractivity contribution in [3.63, 3.8) is 0 Å². The van der Waals surface area contributed by atoms with Crippen LogP contribution in [0.1, 0.15) is 25.0 Å². The Labute approximate surface area is 144 Å². The monoisotopic (exact) mass is 348 g/mol. The number of benzene rings is 1. The standard InChI is InChI=1S/C15H20N6O2S/c1-8(2)12(13(22)17-14(16)23)24-15-18-19-20-21(15)11-6-5-9(3)7-10(11)4/h5-8,12H,1-4H3,(H3,16,17,22,23)/t12-/m0/s1. The minimum Gasteiger partial charge on any atom is -0.351 e. The number of carbonyl (C=O) groups is 2. The van der Waals surface area contributed by atoms with E-state index in [1.165, 1.54) is 11.8 Å². The molecule has 3 N–H and O–H groups in total. The predicted octanol–water partition coefficient (Wildman–Crippen LogP) is 1.59. The Balaban J connectivity index is 2.31. The second-order valence-electron chi connectivity index (χ2n) is 5.80. The number of hydrogen-bond acceptors (Lipinski definition) is 6. The van der Waals surface area contributed by atoms with Crippen LogP contribution in [0.15, 0.2) is 23.4 Å². The zero-order valence-corrected chi connectivity index (χ0v) is 14.8. The minimum atomic E-state index is -0.875. The van der Waals surface area contributed by atoms with Gasteiger partial charge < -0.3 is 5.73 Å². The van der Waals surface area contributed by atoms with Crippen molar-refractivity contribution in [3.8, 4) is 5.69 Å². The van der Waals surface area contributed by atoms with Crippen LogP contribution in [0.4, 0.5) is 4.79 Å². The summed E-state index contributed by atoms with van der Waals surface area (Å²) in [4.78, 5) is 23.1. The molecule has 2 rings (SSSR count). The fourth-order valence-electron chi connectivity index (χ4n) is 2.25. The van der Waals surface area contributed by atoms with E-state index in [2.05, 4.69) is 20.8 Å². The molecule has 0 saturated heterocycles. The number of aromatic nitrogens is 4. The highest BCUT2D eigenvalue weighted by Crippen LogP contribution is 2.28. The van der Waals surface area contributed by atoms with Crippen LogP contribution in [0.2, 0.25) is 0 Å². The van der Waals surface area contributed by atoms with Gasteiger partial charge in [0.2, 0.25) is 11.1 Å². The van der Waals surface area contributed by atoms with Gasteiger partial charge in [0.25, 0.3) is 0 Å². The van der Waals surface area contributed by atoms with E-state index in [0.29, 0.717) is 5.16 Å². The topological polar surface area (TPSA) is 116 Å². The minimum absolute atomic E-state index is 0.0429. The lowest BCUT2D eigenvalue weighted by atomic mass is 10.1. The van der Waals surface area contributed by atoms with E-state index in [1.54, 1.807) is 4.68 Å². The highest BCUT2D eigenvalue weighted by Gasteiger charge is 2.27. The molecule has 0 spiro atoms. The molecule has 1 atom stereocenters. The third kappa shape index (κ3) is 4.10. The summed E-state index contributed by atoms with van der Waals surface area (Å²) in [5.41, 5.74) is 8.03. The van der Waals surface area contributed by atoms with Crippen LogP contribution in [0.25, 0.3) is 5.69 Å². The SMILES string of the molecule is Cc1ccc(-n2nnnc2S[C@H](C(=O)NC(N)=O)C(C)C)c(C)c1. The van der Waals surface area contributed by atoms with Gasteiger partial charge in [0, 0.05) is 0 Å². The first kappa shape index (κ1) is 17.9. The lowest BCUT2D eigenvalue weighted by Crippen LogP contribution is -2.42. The Morgan fingerprint density at radius 2 is 2.00 bits per heavy atom. The third-order valence-corrected chi connectivity index (χ3v) is 4.84. The number of aryl methyl sites for hydroxylation is 2. The molecule has 0 fully saturated rings. The lowest BCUT2D eigenvalue weighted by molar-refractivity contribution is -0.120. The van der Waals surface area contributed by atoms with Crippen LogP contribution in [0, 0.1) is 19.8 Å². The van der Waals surface area contributed by atoms with Crippen molar-refractivity contribution in [1.29, 1.82) is 0 Å². The molecule has 0 saturated carbocycles. The smallest absolute Gasteiger partial charge is 0.318 e. The third-order valence-electron chi connectivity index (χ3n) is 3.36. The molecule has 0 bridgehead atoms. The van der Waals surface area contributed by atoms with Gasteiger partial charge in [-0.2, -0.15) is 4.68 Å². The van der Waals surface area contributed by atoms with Gasteiger partial charge in [0.1, 0.15) is 0 Å². The number of thioether (sulfide) groups is 1. The van der Waals surface area contributed by atoms with Crippen molar-refractivity contribution >= 4 is 23.7 Å². The number of carbonyl (C=O) groups excluding carboxylic acids is 2. The molecule has 8 nitrogen and oxygen atoms in total. The molecule has 1 aromatic heterocycles. The molecule has 0 aliphatic heterocycles. The Hall–Kier alpha value is -2.42. The van der Waals surface area contributed by atoms with Crippen LogP contribution in [0.5, 0.6) is 0 Å². The number of tetrazole rings is 1. The van der Waals surface area contributed by atoms with Crippen LogP contribution in [-0.2, 0) is 4.79 Å². The maximum absolute atomic E-state index is 12.2. The van der Waals surface area contributed by atoms with Gasteiger partial charge in [-0.15, -0.1) is 5.10 Å². The number of nitrogens with zero attached hydrogens (tertiary/aromatic N) is 4. The quantitative estimate of drug-likeness (QED) is 0.793. The molecular weight excluding hydrogens is 328 g/mol. The van der Waals surface area contributed by atoms with E-state index in [-0.39, 0.29) is 5.92 Å². The van der Waals surface area contributed by atoms with Crippen molar-refractivity contribution in [2.45, 2.75) is 38.1 Å². The van der Waals surface area contributed by atoms with Crippen LogP contribution in [0.3, 0.4) is 0 Å². The van der Waals surface area contributed by atoms with Gasteiger partial charge in [0.05, 0.1) is 10.9 Å². The fourth-order valence-corrected chi connectivity index (χ4v) is 3.23. The second kappa shape index (κ2) is 7.43. The summed E-state index contributed by atoms with van der Waals surface area (Å²) < 4.78 is 1.59. The number of rotatable bonds is 5. The molecule has 24 heavy (non-hydrogen) atoms. The van der Waals surface area contributed by atoms with Gasteiger partial charge in [-0.25, -0.2) is 4.79 Å². The van der Waals surface area contributed by atoms with Crippen molar-refractivity contribution < 1.29 is 9.59 Å². The Kier molecular flexibility index (Phi) is 5.55. The summed E-state index contributed by atoms with van der Waals surface area (Å²) in [6.45, 7) is 7.74. The van der Waals surface area contributed by atoms with Crippen molar-refractivity contribution in [3.05, 3.63) is 29.3 Å². The number of hydrogen-bond donors (Lipinski definition) is 2. The normalized spacial score (nSPS) is 12.2. The van der Waals surface area contributed by atoms with Gasteiger partial charge in [0.15, 0.2) is 0 Å². The maximum Gasteiger partial charge on any atom is 0.318 e. The van der Waals surface area contributed by atoms with E-state index >= 15 is 0 Å². The first-order chi connectivity index (χ1) is 11.3. The molecule has 9 heteroatoms. The van der Waals surface area contributed by atoms with Crippen LogP contribution >= 0.6 is 11.8 Å². The van der Waals surface area contributed by atoms with E-state index in [1.807, 2.05) is 45.9 Å². The van der Waals surface area contributed by atoms with Crippen molar-refractivity contribution in [2.24, 2.45) is 11.7 Å². The average molecular weight is 348 g/mol. The predicted molar refractivity (Wildman–Crippen MR) is 90.8 cm³/mol. The molecule has 0 radical (unpaired) electrons. The van der Waals surface area contributed by atoms with Gasteiger partial charge in [-0.3, -0.25) is 10.1 Å². The second-order valence-corrected chi connectivity index (χ2v) is 6.91. The van der Waals surface area contributed by atoms with Crippen LogP contribution in [-0.4, -0.2) is 37.4 Å². The average Bonchev–Trinajstić information content (AvgIpc) is 2.91. The van der Waals surface area contributed by atoms with E-state index in [0.717, 1.165) is 16.8 Å². The Morgan fingerprint density at radius 3 is 2.58 bits per heavy atom. The molecule has 2 aromatic rings. The summed E-state index contributed by atoms with van der Waals surface area (Å²) in [5, 5.41) is 13.8. The van der Waals surface area contributed by atoms with E-state index in [4.69, 9.17) is 5.73 Å². The van der Waals surface area contributed by atoms with E-state index < -0.39 is 17.2 Å². The number of urea groups is 1. The summed E-state index contributed by atoms with van der Waals surface area (Å²) in [6, 6.07) is 5.06. The number of imide groups is 1. The highest BCUT2D eigenvalue weighted by molar-refractivity contribution is 8.00. The molecule has 1 heterocycles. The summed E-state index contributed by atoms with van der Waals surface area (Å²) >= 11 is 1.19. The van der Waals surface area contributed by atoms with Crippen LogP contribution < -0.4 is 11.1 Å². The zero-order chi connectivity index (χ0) is 17.9. The molecule has 3 amide bonds. The van der Waals surface area contributed by atoms with Gasteiger partial charge >= 0.3 is 6.03 Å². The fraction of sp³-hybridized carbons (Fsp3) is 0.400.